The maximum atomic E-state index is 14.3. The Hall–Kier alpha value is -6.60. The molecular formula is C46H49F2N11O6. The molecule has 1 unspecified atom stereocenters. The van der Waals surface area contributed by atoms with Gasteiger partial charge in [-0.1, -0.05) is 30.3 Å². The first kappa shape index (κ1) is 42.4. The molecule has 5 aliphatic rings. The second-order valence-electron chi connectivity index (χ2n) is 17.8. The van der Waals surface area contributed by atoms with Crippen LogP contribution in [0, 0.1) is 5.92 Å². The fourth-order valence-electron chi connectivity index (χ4n) is 10.0. The second kappa shape index (κ2) is 17.4. The fourth-order valence-corrected chi connectivity index (χ4v) is 10.0. The van der Waals surface area contributed by atoms with Crippen LogP contribution < -0.4 is 20.9 Å². The van der Waals surface area contributed by atoms with E-state index in [2.05, 4.69) is 55.1 Å². The van der Waals surface area contributed by atoms with Crippen LogP contribution in [0.4, 0.5) is 26.0 Å². The third kappa shape index (κ3) is 8.33. The number of benzene rings is 2. The summed E-state index contributed by atoms with van der Waals surface area (Å²) in [6.07, 6.45) is 7.32. The SMILES string of the molecule is CN(CCc1ccc(CNc2cccc3c2C(=O)N(C2CCC(=O)NC2=O)C3=O)cc1)CC1CCC(n2cc(NC(=O)c3cnn4ccc(N5C[C@H]6C[C@@H]5CO6)nc34)c(C(F)F)n2)CC1. The highest BCUT2D eigenvalue weighted by Gasteiger charge is 2.46. The van der Waals surface area contributed by atoms with E-state index < -0.39 is 47.7 Å². The standard InChI is InChI=1S/C46H49F2N11O6/c1-55(17-15-26-5-7-27(8-6-26)20-49-34-4-2-3-32-39(34)46(64)59(45(32)63)36-13-14-38(60)53-44(36)62)22-28-9-11-29(12-10-28)58-24-35(40(54-58)41(47)48)51-43(61)33-21-50-57-18-16-37(52-42(33)57)56-23-31-19-30(56)25-65-31/h2-8,16,18,21,24,28-31,36,41,49H,9-15,17,19-20,22-23,25H2,1H3,(H,51,61)(H,53,60,62)/t28?,29?,30-,31-,36?/m1/s1. The largest absolute Gasteiger partial charge is 0.380 e. The van der Waals surface area contributed by atoms with Gasteiger partial charge in [-0.15, -0.1) is 0 Å². The summed E-state index contributed by atoms with van der Waals surface area (Å²) in [4.78, 5) is 74.5. The predicted molar refractivity (Wildman–Crippen MR) is 233 cm³/mol. The highest BCUT2D eigenvalue weighted by molar-refractivity contribution is 6.25. The number of hydrogen-bond donors (Lipinski definition) is 3. The molecule has 10 rings (SSSR count). The number of alkyl halides is 2. The maximum absolute atomic E-state index is 14.3. The summed E-state index contributed by atoms with van der Waals surface area (Å²) in [5.41, 5.74) is 3.16. The zero-order chi connectivity index (χ0) is 44.9. The third-order valence-electron chi connectivity index (χ3n) is 13.5. The Morgan fingerprint density at radius 2 is 1.77 bits per heavy atom. The van der Waals surface area contributed by atoms with Gasteiger partial charge in [0.25, 0.3) is 24.1 Å². The van der Waals surface area contributed by atoms with E-state index in [1.807, 2.05) is 18.2 Å². The number of likely N-dealkylation sites (N-methyl/N-ethyl adjacent to an activating group) is 1. The number of piperidine rings is 1. The average molecular weight is 890 g/mol. The summed E-state index contributed by atoms with van der Waals surface area (Å²) < 4.78 is 37.4. The third-order valence-corrected chi connectivity index (χ3v) is 13.5. The normalized spacial score (nSPS) is 23.0. The first-order valence-electron chi connectivity index (χ1n) is 22.2. The highest BCUT2D eigenvalue weighted by atomic mass is 19.3. The Labute approximate surface area is 372 Å². The van der Waals surface area contributed by atoms with Crippen LogP contribution in [0.2, 0.25) is 0 Å². The van der Waals surface area contributed by atoms with Crippen molar-refractivity contribution in [3.63, 3.8) is 0 Å². The minimum atomic E-state index is -2.87. The Balaban J connectivity index is 0.692. The molecule has 5 aromatic rings. The molecule has 4 fully saturated rings. The van der Waals surface area contributed by atoms with Crippen LogP contribution in [0.15, 0.2) is 67.1 Å². The first-order chi connectivity index (χ1) is 31.5. The molecule has 0 radical (unpaired) electrons. The lowest BCUT2D eigenvalue weighted by molar-refractivity contribution is -0.136. The summed E-state index contributed by atoms with van der Waals surface area (Å²) in [5, 5.41) is 16.8. The van der Waals surface area contributed by atoms with Crippen molar-refractivity contribution in [1.82, 2.24) is 39.5 Å². The van der Waals surface area contributed by atoms with Crippen molar-refractivity contribution >= 4 is 52.4 Å². The topological polar surface area (TPSA) is 188 Å². The fraction of sp³-hybridized carbons (Fsp3) is 0.435. The second-order valence-corrected chi connectivity index (χ2v) is 17.8. The van der Waals surface area contributed by atoms with Gasteiger partial charge in [0, 0.05) is 50.7 Å². The smallest absolute Gasteiger partial charge is 0.284 e. The van der Waals surface area contributed by atoms with Gasteiger partial charge in [-0.05, 0) is 87.2 Å². The Morgan fingerprint density at radius 3 is 2.51 bits per heavy atom. The number of imide groups is 2. The molecule has 2 bridgehead atoms. The zero-order valence-corrected chi connectivity index (χ0v) is 35.8. The molecule has 2 aromatic carbocycles. The van der Waals surface area contributed by atoms with E-state index in [0.29, 0.717) is 30.4 Å². The van der Waals surface area contributed by atoms with Gasteiger partial charge in [0.05, 0.1) is 47.8 Å². The van der Waals surface area contributed by atoms with Crippen molar-refractivity contribution in [3.8, 4) is 0 Å². The van der Waals surface area contributed by atoms with Gasteiger partial charge in [-0.3, -0.25) is 38.9 Å². The number of halogens is 2. The minimum absolute atomic E-state index is 0.0192. The van der Waals surface area contributed by atoms with Crippen molar-refractivity contribution in [2.45, 2.75) is 88.6 Å². The summed E-state index contributed by atoms with van der Waals surface area (Å²) in [6.45, 7) is 3.54. The van der Waals surface area contributed by atoms with Crippen LogP contribution in [0.25, 0.3) is 5.65 Å². The molecule has 0 spiro atoms. The van der Waals surface area contributed by atoms with Gasteiger partial charge >= 0.3 is 0 Å². The molecule has 4 aliphatic heterocycles. The van der Waals surface area contributed by atoms with E-state index >= 15 is 0 Å². The Kier molecular flexibility index (Phi) is 11.3. The van der Waals surface area contributed by atoms with E-state index in [1.54, 1.807) is 29.1 Å². The van der Waals surface area contributed by atoms with E-state index in [-0.39, 0.29) is 53.4 Å². The Bertz CT molecular complexity index is 2680. The molecule has 7 heterocycles. The quantitative estimate of drug-likeness (QED) is 0.127. The van der Waals surface area contributed by atoms with Crippen molar-refractivity contribution < 1.29 is 37.5 Å². The van der Waals surface area contributed by atoms with Crippen LogP contribution in [0.3, 0.4) is 0 Å². The van der Waals surface area contributed by atoms with Crippen LogP contribution in [-0.2, 0) is 27.3 Å². The predicted octanol–water partition coefficient (Wildman–Crippen LogP) is 5.01. The number of anilines is 3. The average Bonchev–Trinajstić information content (AvgIpc) is 4.16. The van der Waals surface area contributed by atoms with Gasteiger partial charge in [0.1, 0.15) is 17.4 Å². The first-order valence-corrected chi connectivity index (χ1v) is 22.2. The number of morpholine rings is 1. The lowest BCUT2D eigenvalue weighted by atomic mass is 9.86. The summed E-state index contributed by atoms with van der Waals surface area (Å²) in [6, 6.07) is 14.2. The number of nitrogens with one attached hydrogen (secondary N) is 3. The number of fused-ring (bicyclic) bond motifs is 4. The van der Waals surface area contributed by atoms with Crippen molar-refractivity contribution in [2.24, 2.45) is 5.92 Å². The molecule has 1 saturated carbocycles. The Morgan fingerprint density at radius 1 is 0.969 bits per heavy atom. The molecule has 3 atom stereocenters. The van der Waals surface area contributed by atoms with Crippen molar-refractivity contribution in [2.75, 3.05) is 48.8 Å². The van der Waals surface area contributed by atoms with Gasteiger partial charge in [0.2, 0.25) is 11.8 Å². The number of aromatic nitrogens is 5. The number of nitrogens with zero attached hydrogens (tertiary/aromatic N) is 8. The number of amides is 5. The van der Waals surface area contributed by atoms with E-state index in [9.17, 15) is 32.8 Å². The van der Waals surface area contributed by atoms with E-state index in [4.69, 9.17) is 9.72 Å². The highest BCUT2D eigenvalue weighted by Crippen LogP contribution is 2.37. The van der Waals surface area contributed by atoms with Crippen molar-refractivity contribution in [1.29, 1.82) is 0 Å². The number of hydrogen-bond acceptors (Lipinski definition) is 12. The lowest BCUT2D eigenvalue weighted by Gasteiger charge is -2.31. The monoisotopic (exact) mass is 889 g/mol. The molecule has 65 heavy (non-hydrogen) atoms. The van der Waals surface area contributed by atoms with Crippen LogP contribution >= 0.6 is 0 Å². The summed E-state index contributed by atoms with van der Waals surface area (Å²) in [7, 11) is 2.11. The molecule has 338 valence electrons. The molecule has 19 heteroatoms. The zero-order valence-electron chi connectivity index (χ0n) is 35.8. The summed E-state index contributed by atoms with van der Waals surface area (Å²) >= 11 is 0. The molecule has 3 aromatic heterocycles. The molecule has 17 nitrogen and oxygen atoms in total. The van der Waals surface area contributed by atoms with Crippen LogP contribution in [0.1, 0.15) is 105 Å². The minimum Gasteiger partial charge on any atom is -0.380 e. The number of ether oxygens (including phenoxy) is 1. The summed E-state index contributed by atoms with van der Waals surface area (Å²) in [5.74, 6) is -1.57. The van der Waals surface area contributed by atoms with Crippen molar-refractivity contribution in [3.05, 3.63) is 101 Å². The van der Waals surface area contributed by atoms with Crippen LogP contribution in [0.5, 0.6) is 0 Å². The molecule has 3 N–H and O–H groups in total. The van der Waals surface area contributed by atoms with E-state index in [0.717, 1.165) is 74.4 Å². The van der Waals surface area contributed by atoms with E-state index in [1.165, 1.54) is 22.5 Å². The lowest BCUT2D eigenvalue weighted by Crippen LogP contribution is -2.54. The van der Waals surface area contributed by atoms with Gasteiger partial charge in [0.15, 0.2) is 11.3 Å². The number of carbonyl (C=O) groups is 5. The van der Waals surface area contributed by atoms with Gasteiger partial charge in [-0.2, -0.15) is 10.2 Å². The number of rotatable bonds is 14. The molecule has 1 aliphatic carbocycles. The number of carbonyl (C=O) groups excluding carboxylic acids is 5. The van der Waals surface area contributed by atoms with Crippen LogP contribution in [-0.4, -0.2) is 115 Å². The molecule has 3 saturated heterocycles. The van der Waals surface area contributed by atoms with Gasteiger partial charge in [-0.25, -0.2) is 18.3 Å². The van der Waals surface area contributed by atoms with Gasteiger partial charge < -0.3 is 25.2 Å². The maximum Gasteiger partial charge on any atom is 0.284 e. The molecule has 5 amide bonds. The molecular weight excluding hydrogens is 841 g/mol.